The summed E-state index contributed by atoms with van der Waals surface area (Å²) in [6.07, 6.45) is 4.97. The number of aromatic nitrogens is 2. The molecule has 4 rings (SSSR count). The summed E-state index contributed by atoms with van der Waals surface area (Å²) in [4.78, 5) is 10.2. The summed E-state index contributed by atoms with van der Waals surface area (Å²) in [6.45, 7) is 1.98. The van der Waals surface area contributed by atoms with Crippen LogP contribution in [0.2, 0.25) is 0 Å². The predicted octanol–water partition coefficient (Wildman–Crippen LogP) is 3.13. The molecule has 0 radical (unpaired) electrons. The highest BCUT2D eigenvalue weighted by Gasteiger charge is 2.18. The fraction of sp³-hybridized carbons (Fsp3) is 0.188. The van der Waals surface area contributed by atoms with E-state index in [1.54, 1.807) is 0 Å². The summed E-state index contributed by atoms with van der Waals surface area (Å²) in [7, 11) is 0. The Labute approximate surface area is 111 Å². The Balaban J connectivity index is 1.77. The Kier molecular flexibility index (Phi) is 2.30. The van der Waals surface area contributed by atoms with Crippen molar-refractivity contribution in [2.24, 2.45) is 0 Å². The molecule has 0 saturated carbocycles. The van der Waals surface area contributed by atoms with E-state index in [1.807, 2.05) is 18.5 Å². The second kappa shape index (κ2) is 4.12. The first-order valence-corrected chi connectivity index (χ1v) is 6.66. The lowest BCUT2D eigenvalue weighted by molar-refractivity contribution is 0.723. The molecule has 1 aliphatic rings. The molecule has 2 aromatic heterocycles. The highest BCUT2D eigenvalue weighted by Crippen LogP contribution is 2.27. The van der Waals surface area contributed by atoms with Gasteiger partial charge < -0.3 is 9.88 Å². The second-order valence-corrected chi connectivity index (χ2v) is 5.02. The number of anilines is 1. The van der Waals surface area contributed by atoms with Crippen molar-refractivity contribution in [3.8, 4) is 0 Å². The fourth-order valence-corrected chi connectivity index (χ4v) is 2.88. The smallest absolute Gasteiger partial charge is 0.153 e. The van der Waals surface area contributed by atoms with Gasteiger partial charge in [-0.1, -0.05) is 24.3 Å². The quantitative estimate of drug-likeness (QED) is 0.718. The number of hydrogen-bond donors (Lipinski definition) is 1. The van der Waals surface area contributed by atoms with Crippen LogP contribution in [0.1, 0.15) is 11.1 Å². The van der Waals surface area contributed by atoms with Gasteiger partial charge in [-0.15, -0.1) is 0 Å². The maximum Gasteiger partial charge on any atom is 0.153 e. The lowest BCUT2D eigenvalue weighted by Gasteiger charge is -2.30. The van der Waals surface area contributed by atoms with Gasteiger partial charge in [0.15, 0.2) is 5.82 Å². The maximum atomic E-state index is 4.57. The standard InChI is InChI=1S/C16H15N3/c1-2-4-14-11-19(10-7-12(14)3-1)16-15-13(5-8-17-15)6-9-18-16/h1-6,8-9,17H,7,10-11H2. The van der Waals surface area contributed by atoms with Crippen LogP contribution in [0.3, 0.4) is 0 Å². The normalized spacial score (nSPS) is 14.6. The van der Waals surface area contributed by atoms with Gasteiger partial charge in [-0.2, -0.15) is 0 Å². The van der Waals surface area contributed by atoms with Gasteiger partial charge in [-0.3, -0.25) is 0 Å². The number of rotatable bonds is 1. The number of nitrogens with zero attached hydrogens (tertiary/aromatic N) is 2. The van der Waals surface area contributed by atoms with Crippen molar-refractivity contribution in [3.63, 3.8) is 0 Å². The number of H-pyrrole nitrogens is 1. The van der Waals surface area contributed by atoms with E-state index in [2.05, 4.69) is 45.2 Å². The minimum absolute atomic E-state index is 0.946. The van der Waals surface area contributed by atoms with E-state index < -0.39 is 0 Å². The van der Waals surface area contributed by atoms with Crippen LogP contribution in [-0.2, 0) is 13.0 Å². The average Bonchev–Trinajstić information content (AvgIpc) is 2.95. The van der Waals surface area contributed by atoms with Crippen LogP contribution in [0.5, 0.6) is 0 Å². The number of nitrogens with one attached hydrogen (secondary N) is 1. The summed E-state index contributed by atoms with van der Waals surface area (Å²) in [5, 5.41) is 1.23. The third-order valence-corrected chi connectivity index (χ3v) is 3.88. The van der Waals surface area contributed by atoms with Crippen molar-refractivity contribution >= 4 is 16.7 Å². The zero-order chi connectivity index (χ0) is 12.7. The highest BCUT2D eigenvalue weighted by molar-refractivity contribution is 5.89. The van der Waals surface area contributed by atoms with Gasteiger partial charge in [0.05, 0.1) is 5.52 Å². The number of pyridine rings is 1. The minimum Gasteiger partial charge on any atom is -0.358 e. The molecule has 3 heterocycles. The molecule has 94 valence electrons. The molecule has 0 amide bonds. The SMILES string of the molecule is c1ccc2c(c1)CCN(c1nccc3cc[nH]c13)C2. The average molecular weight is 249 g/mol. The topological polar surface area (TPSA) is 31.9 Å². The lowest BCUT2D eigenvalue weighted by atomic mass is 10.00. The molecule has 0 bridgehead atoms. The molecule has 3 nitrogen and oxygen atoms in total. The molecule has 1 aromatic carbocycles. The summed E-state index contributed by atoms with van der Waals surface area (Å²) in [5.41, 5.74) is 4.03. The zero-order valence-electron chi connectivity index (χ0n) is 10.6. The molecular formula is C16H15N3. The van der Waals surface area contributed by atoms with Gasteiger partial charge in [0.25, 0.3) is 0 Å². The summed E-state index contributed by atoms with van der Waals surface area (Å²) < 4.78 is 0. The minimum atomic E-state index is 0.946. The maximum absolute atomic E-state index is 4.57. The van der Waals surface area contributed by atoms with Gasteiger partial charge in [0.1, 0.15) is 0 Å². The first-order chi connectivity index (χ1) is 9.42. The number of benzene rings is 1. The number of aromatic amines is 1. The van der Waals surface area contributed by atoms with E-state index in [0.29, 0.717) is 0 Å². The van der Waals surface area contributed by atoms with Crippen molar-refractivity contribution in [3.05, 3.63) is 59.9 Å². The second-order valence-electron chi connectivity index (χ2n) is 5.02. The van der Waals surface area contributed by atoms with Crippen LogP contribution in [0.4, 0.5) is 5.82 Å². The fourth-order valence-electron chi connectivity index (χ4n) is 2.88. The van der Waals surface area contributed by atoms with Crippen molar-refractivity contribution in [1.29, 1.82) is 0 Å². The van der Waals surface area contributed by atoms with Crippen LogP contribution in [-0.4, -0.2) is 16.5 Å². The Morgan fingerprint density at radius 1 is 1.05 bits per heavy atom. The molecule has 3 aromatic rings. The summed E-state index contributed by atoms with van der Waals surface area (Å²) in [6, 6.07) is 12.8. The van der Waals surface area contributed by atoms with Crippen molar-refractivity contribution in [1.82, 2.24) is 9.97 Å². The van der Waals surface area contributed by atoms with Crippen molar-refractivity contribution in [2.45, 2.75) is 13.0 Å². The van der Waals surface area contributed by atoms with Gasteiger partial charge in [-0.25, -0.2) is 4.98 Å². The van der Waals surface area contributed by atoms with E-state index in [-0.39, 0.29) is 0 Å². The monoisotopic (exact) mass is 249 g/mol. The lowest BCUT2D eigenvalue weighted by Crippen LogP contribution is -2.31. The molecule has 19 heavy (non-hydrogen) atoms. The van der Waals surface area contributed by atoms with Crippen molar-refractivity contribution in [2.75, 3.05) is 11.4 Å². The van der Waals surface area contributed by atoms with Crippen molar-refractivity contribution < 1.29 is 0 Å². The summed E-state index contributed by atoms with van der Waals surface area (Å²) in [5.74, 6) is 1.07. The summed E-state index contributed by atoms with van der Waals surface area (Å²) >= 11 is 0. The van der Waals surface area contributed by atoms with E-state index in [1.165, 1.54) is 16.5 Å². The van der Waals surface area contributed by atoms with Gasteiger partial charge in [0.2, 0.25) is 0 Å². The van der Waals surface area contributed by atoms with Gasteiger partial charge >= 0.3 is 0 Å². The highest BCUT2D eigenvalue weighted by atomic mass is 15.2. The molecule has 0 aliphatic carbocycles. The van der Waals surface area contributed by atoms with Crippen LogP contribution in [0.15, 0.2) is 48.8 Å². The van der Waals surface area contributed by atoms with Crippen LogP contribution in [0.25, 0.3) is 10.9 Å². The number of hydrogen-bond acceptors (Lipinski definition) is 2. The molecule has 3 heteroatoms. The molecule has 1 aliphatic heterocycles. The van der Waals surface area contributed by atoms with Crippen LogP contribution < -0.4 is 4.90 Å². The van der Waals surface area contributed by atoms with E-state index in [0.717, 1.165) is 30.8 Å². The van der Waals surface area contributed by atoms with Crippen LogP contribution in [0, 0.1) is 0 Å². The molecule has 0 spiro atoms. The molecule has 0 unspecified atom stereocenters. The molecule has 0 fully saturated rings. The van der Waals surface area contributed by atoms with E-state index in [9.17, 15) is 0 Å². The largest absolute Gasteiger partial charge is 0.358 e. The molecule has 0 atom stereocenters. The van der Waals surface area contributed by atoms with Crippen LogP contribution >= 0.6 is 0 Å². The predicted molar refractivity (Wildman–Crippen MR) is 77.3 cm³/mol. The van der Waals surface area contributed by atoms with Gasteiger partial charge in [0, 0.05) is 30.9 Å². The first-order valence-electron chi connectivity index (χ1n) is 6.66. The van der Waals surface area contributed by atoms with Gasteiger partial charge in [-0.05, 0) is 29.7 Å². The van der Waals surface area contributed by atoms with E-state index >= 15 is 0 Å². The first kappa shape index (κ1) is 10.6. The van der Waals surface area contributed by atoms with E-state index in [4.69, 9.17) is 0 Å². The third-order valence-electron chi connectivity index (χ3n) is 3.88. The zero-order valence-corrected chi connectivity index (χ0v) is 10.6. The molecule has 0 saturated heterocycles. The Bertz CT molecular complexity index is 729. The Hall–Kier alpha value is -2.29. The Morgan fingerprint density at radius 3 is 2.89 bits per heavy atom. The number of fused-ring (bicyclic) bond motifs is 2. The third kappa shape index (κ3) is 1.70. The molecule has 1 N–H and O–H groups in total. The molecular weight excluding hydrogens is 234 g/mol. The Morgan fingerprint density at radius 2 is 1.95 bits per heavy atom.